The summed E-state index contributed by atoms with van der Waals surface area (Å²) in [5.74, 6) is 0. The molecular weight excluding hydrogens is 234 g/mol. The van der Waals surface area contributed by atoms with Crippen molar-refractivity contribution >= 4 is 19.7 Å². The van der Waals surface area contributed by atoms with Crippen molar-refractivity contribution in [1.82, 2.24) is 4.90 Å². The Labute approximate surface area is 96.5 Å². The van der Waals surface area contributed by atoms with Crippen LogP contribution in [-0.2, 0) is 9.05 Å². The fourth-order valence-corrected chi connectivity index (χ4v) is 2.63. The zero-order valence-corrected chi connectivity index (χ0v) is 10.6. The van der Waals surface area contributed by atoms with Gasteiger partial charge in [-0.05, 0) is 32.4 Å². The predicted molar refractivity (Wildman–Crippen MR) is 63.4 cm³/mol. The predicted octanol–water partition coefficient (Wildman–Crippen LogP) is 2.33. The van der Waals surface area contributed by atoms with Gasteiger partial charge in [0, 0.05) is 22.1 Å². The number of hydrogen-bond acceptors (Lipinski definition) is 3. The van der Waals surface area contributed by atoms with Gasteiger partial charge >= 0.3 is 0 Å². The molecule has 0 amide bonds. The van der Waals surface area contributed by atoms with E-state index in [0.717, 1.165) is 31.3 Å². The maximum atomic E-state index is 10.7. The molecule has 1 heterocycles. The first-order valence-corrected chi connectivity index (χ1v) is 7.75. The quantitative estimate of drug-likeness (QED) is 0.720. The molecule has 5 heteroatoms. The third-order valence-electron chi connectivity index (χ3n) is 2.82. The van der Waals surface area contributed by atoms with Crippen molar-refractivity contribution in [2.24, 2.45) is 0 Å². The molecule has 1 rings (SSSR count). The number of piperidine rings is 1. The van der Waals surface area contributed by atoms with Gasteiger partial charge < -0.3 is 4.90 Å². The SMILES string of the molecule is CCN1CCCCC1C/C=C\S(=O)(=O)Cl. The molecule has 15 heavy (non-hydrogen) atoms. The lowest BCUT2D eigenvalue weighted by molar-refractivity contribution is 0.157. The first kappa shape index (κ1) is 13.0. The van der Waals surface area contributed by atoms with E-state index < -0.39 is 9.05 Å². The number of hydrogen-bond donors (Lipinski definition) is 0. The summed E-state index contributed by atoms with van der Waals surface area (Å²) in [4.78, 5) is 2.40. The summed E-state index contributed by atoms with van der Waals surface area (Å²) < 4.78 is 21.4. The Balaban J connectivity index is 2.45. The Bertz CT molecular complexity index is 313. The summed E-state index contributed by atoms with van der Waals surface area (Å²) in [6.07, 6.45) is 6.09. The van der Waals surface area contributed by atoms with Gasteiger partial charge in [0.1, 0.15) is 0 Å². The summed E-state index contributed by atoms with van der Waals surface area (Å²) in [5, 5.41) is 1.09. The molecule has 0 bridgehead atoms. The third kappa shape index (κ3) is 5.00. The Kier molecular flexibility index (Phi) is 5.09. The van der Waals surface area contributed by atoms with Gasteiger partial charge in [0.05, 0.1) is 0 Å². The molecule has 3 nitrogen and oxygen atoms in total. The largest absolute Gasteiger partial charge is 0.300 e. The van der Waals surface area contributed by atoms with E-state index in [4.69, 9.17) is 10.7 Å². The maximum Gasteiger partial charge on any atom is 0.254 e. The van der Waals surface area contributed by atoms with E-state index in [2.05, 4.69) is 11.8 Å². The lowest BCUT2D eigenvalue weighted by atomic mass is 10.00. The normalized spacial score (nSPS) is 24.8. The smallest absolute Gasteiger partial charge is 0.254 e. The van der Waals surface area contributed by atoms with Crippen molar-refractivity contribution < 1.29 is 8.42 Å². The second-order valence-corrected chi connectivity index (χ2v) is 6.37. The number of likely N-dealkylation sites (tertiary alicyclic amines) is 1. The van der Waals surface area contributed by atoms with Crippen LogP contribution in [0.3, 0.4) is 0 Å². The molecule has 1 unspecified atom stereocenters. The van der Waals surface area contributed by atoms with Gasteiger partial charge in [0.2, 0.25) is 0 Å². The summed E-state index contributed by atoms with van der Waals surface area (Å²) in [5.41, 5.74) is 0. The van der Waals surface area contributed by atoms with E-state index in [0.29, 0.717) is 6.04 Å². The molecule has 0 spiro atoms. The van der Waals surface area contributed by atoms with E-state index in [9.17, 15) is 8.42 Å². The standard InChI is InChI=1S/C10H18ClNO2S/c1-2-12-8-4-3-6-10(12)7-5-9-15(11,13)14/h5,9-10H,2-4,6-8H2,1H3/b9-5-. The number of halogens is 1. The second kappa shape index (κ2) is 5.87. The van der Waals surface area contributed by atoms with Gasteiger partial charge in [-0.1, -0.05) is 19.4 Å². The molecule has 1 saturated heterocycles. The second-order valence-electron chi connectivity index (χ2n) is 3.86. The molecule has 0 radical (unpaired) electrons. The molecular formula is C10H18ClNO2S. The molecule has 0 saturated carbocycles. The Morgan fingerprint density at radius 1 is 1.47 bits per heavy atom. The monoisotopic (exact) mass is 251 g/mol. The highest BCUT2D eigenvalue weighted by Gasteiger charge is 2.19. The van der Waals surface area contributed by atoms with Crippen LogP contribution in [0.5, 0.6) is 0 Å². The lowest BCUT2D eigenvalue weighted by Gasteiger charge is -2.34. The zero-order valence-electron chi connectivity index (χ0n) is 9.02. The van der Waals surface area contributed by atoms with Gasteiger partial charge in [-0.3, -0.25) is 0 Å². The molecule has 1 aliphatic heterocycles. The van der Waals surface area contributed by atoms with Crippen LogP contribution in [0.15, 0.2) is 11.5 Å². The average molecular weight is 252 g/mol. The Morgan fingerprint density at radius 3 is 2.80 bits per heavy atom. The van der Waals surface area contributed by atoms with Gasteiger partial charge in [-0.25, -0.2) is 8.42 Å². The number of nitrogens with zero attached hydrogens (tertiary/aromatic N) is 1. The Morgan fingerprint density at radius 2 is 2.20 bits per heavy atom. The first-order valence-electron chi connectivity index (χ1n) is 5.38. The van der Waals surface area contributed by atoms with Crippen LogP contribution in [-0.4, -0.2) is 32.4 Å². The molecule has 0 aliphatic carbocycles. The van der Waals surface area contributed by atoms with Crippen molar-refractivity contribution in [3.05, 3.63) is 11.5 Å². The van der Waals surface area contributed by atoms with Crippen LogP contribution in [0.1, 0.15) is 32.6 Å². The third-order valence-corrected chi connectivity index (χ3v) is 3.65. The van der Waals surface area contributed by atoms with Gasteiger partial charge in [0.25, 0.3) is 9.05 Å². The average Bonchev–Trinajstić information content (AvgIpc) is 2.16. The first-order chi connectivity index (χ1) is 7.03. The van der Waals surface area contributed by atoms with Crippen LogP contribution >= 0.6 is 10.7 Å². The summed E-state index contributed by atoms with van der Waals surface area (Å²) >= 11 is 0. The van der Waals surface area contributed by atoms with E-state index >= 15 is 0 Å². The fourth-order valence-electron chi connectivity index (χ4n) is 2.07. The van der Waals surface area contributed by atoms with Crippen molar-refractivity contribution in [2.75, 3.05) is 13.1 Å². The van der Waals surface area contributed by atoms with Crippen LogP contribution in [0.25, 0.3) is 0 Å². The van der Waals surface area contributed by atoms with E-state index in [1.54, 1.807) is 6.08 Å². The minimum atomic E-state index is -3.48. The van der Waals surface area contributed by atoms with Gasteiger partial charge in [0.15, 0.2) is 0 Å². The van der Waals surface area contributed by atoms with Crippen LogP contribution in [0.2, 0.25) is 0 Å². The fraction of sp³-hybridized carbons (Fsp3) is 0.800. The summed E-state index contributed by atoms with van der Waals surface area (Å²) in [6, 6.07) is 0.485. The zero-order chi connectivity index (χ0) is 11.3. The molecule has 88 valence electrons. The van der Waals surface area contributed by atoms with E-state index in [1.807, 2.05) is 0 Å². The van der Waals surface area contributed by atoms with E-state index in [1.165, 1.54) is 12.8 Å². The topological polar surface area (TPSA) is 37.4 Å². The molecule has 1 fully saturated rings. The van der Waals surface area contributed by atoms with Crippen molar-refractivity contribution in [2.45, 2.75) is 38.6 Å². The molecule has 0 aromatic rings. The highest BCUT2D eigenvalue weighted by Crippen LogP contribution is 2.19. The molecule has 0 N–H and O–H groups in total. The maximum absolute atomic E-state index is 10.7. The molecule has 0 aromatic carbocycles. The van der Waals surface area contributed by atoms with Crippen LogP contribution in [0.4, 0.5) is 0 Å². The molecule has 1 atom stereocenters. The summed E-state index contributed by atoms with van der Waals surface area (Å²) in [7, 11) is 1.62. The van der Waals surface area contributed by atoms with Crippen LogP contribution in [0, 0.1) is 0 Å². The van der Waals surface area contributed by atoms with Crippen molar-refractivity contribution in [3.8, 4) is 0 Å². The number of rotatable bonds is 4. The van der Waals surface area contributed by atoms with Gasteiger partial charge in [-0.2, -0.15) is 0 Å². The summed E-state index contributed by atoms with van der Waals surface area (Å²) in [6.45, 7) is 4.30. The highest BCUT2D eigenvalue weighted by molar-refractivity contribution is 8.16. The molecule has 0 aromatic heterocycles. The minimum absolute atomic E-state index is 0.485. The lowest BCUT2D eigenvalue weighted by Crippen LogP contribution is -2.38. The van der Waals surface area contributed by atoms with Crippen molar-refractivity contribution in [3.63, 3.8) is 0 Å². The van der Waals surface area contributed by atoms with E-state index in [-0.39, 0.29) is 0 Å². The minimum Gasteiger partial charge on any atom is -0.300 e. The highest BCUT2D eigenvalue weighted by atomic mass is 35.7. The van der Waals surface area contributed by atoms with Gasteiger partial charge in [-0.15, -0.1) is 0 Å². The Hall–Kier alpha value is -0.0600. The van der Waals surface area contributed by atoms with Crippen molar-refractivity contribution in [1.29, 1.82) is 0 Å². The van der Waals surface area contributed by atoms with Crippen LogP contribution < -0.4 is 0 Å². The molecule has 1 aliphatic rings.